The first kappa shape index (κ1) is 30.1. The molecule has 4 aliphatic rings. The first-order valence-electron chi connectivity index (χ1n) is 15.0. The minimum Gasteiger partial charge on any atom is -0.445 e. The number of aliphatic hydroxyl groups is 2. The van der Waals surface area contributed by atoms with Gasteiger partial charge in [-0.1, -0.05) is 13.8 Å². The van der Waals surface area contributed by atoms with Gasteiger partial charge in [-0.15, -0.1) is 0 Å². The first-order valence-corrected chi connectivity index (χ1v) is 15.0. The summed E-state index contributed by atoms with van der Waals surface area (Å²) in [5.74, 6) is 0.876. The van der Waals surface area contributed by atoms with E-state index < -0.39 is 30.4 Å². The molecular weight excluding hydrogens is 546 g/mol. The van der Waals surface area contributed by atoms with Crippen LogP contribution in [-0.4, -0.2) is 96.0 Å². The summed E-state index contributed by atoms with van der Waals surface area (Å²) < 4.78 is 12.7. The zero-order valence-corrected chi connectivity index (χ0v) is 24.1. The molecule has 14 nitrogen and oxygen atoms in total. The molecule has 2 aromatic heterocycles. The van der Waals surface area contributed by atoms with Gasteiger partial charge in [0.15, 0.2) is 23.8 Å². The number of aliphatic hydroxyl groups excluding tert-OH is 2. The highest BCUT2D eigenvalue weighted by Gasteiger charge is 2.48. The molecule has 2 aliphatic heterocycles. The number of likely N-dealkylation sites (tertiary alicyclic amines) is 1. The molecule has 6 rings (SSSR count). The van der Waals surface area contributed by atoms with Gasteiger partial charge in [0, 0.05) is 38.4 Å². The van der Waals surface area contributed by atoms with Crippen LogP contribution in [-0.2, 0) is 25.5 Å². The minimum absolute atomic E-state index is 0.0951. The number of nitrogens with two attached hydrogens (primary N) is 1. The molecule has 2 amide bonds. The van der Waals surface area contributed by atoms with E-state index in [4.69, 9.17) is 15.2 Å². The van der Waals surface area contributed by atoms with Crippen molar-refractivity contribution in [3.8, 4) is 0 Å². The number of imidazole rings is 1. The highest BCUT2D eigenvalue weighted by Crippen LogP contribution is 2.33. The Kier molecular flexibility index (Phi) is 9.23. The molecular formula is C28H41N7O7. The van der Waals surface area contributed by atoms with E-state index in [1.165, 1.54) is 10.9 Å². The molecule has 2 aromatic rings. The molecule has 230 valence electrons. The number of hydrogen-bond acceptors (Lipinski definition) is 11. The Labute approximate surface area is 244 Å². The Hall–Kier alpha value is -3.36. The van der Waals surface area contributed by atoms with E-state index in [2.05, 4.69) is 20.3 Å². The normalized spacial score (nSPS) is 26.5. The van der Waals surface area contributed by atoms with Crippen molar-refractivity contribution in [3.63, 3.8) is 0 Å². The van der Waals surface area contributed by atoms with Gasteiger partial charge in [0.25, 0.3) is 5.91 Å². The maximum atomic E-state index is 12.5. The maximum Gasteiger partial charge on any atom is 0.410 e. The second-order valence-corrected chi connectivity index (χ2v) is 11.3. The number of fused-ring (bicyclic) bond motifs is 1. The molecule has 2 saturated carbocycles. The van der Waals surface area contributed by atoms with Crippen LogP contribution in [0.15, 0.2) is 6.33 Å². The average molecular weight is 588 g/mol. The van der Waals surface area contributed by atoms with Crippen LogP contribution in [0.4, 0.5) is 10.6 Å². The zero-order valence-electron chi connectivity index (χ0n) is 24.1. The molecule has 0 radical (unpaired) electrons. The van der Waals surface area contributed by atoms with E-state index in [1.807, 2.05) is 13.8 Å². The number of rotatable bonds is 8. The highest BCUT2D eigenvalue weighted by atomic mass is 16.6. The van der Waals surface area contributed by atoms with E-state index in [0.29, 0.717) is 55.3 Å². The van der Waals surface area contributed by atoms with Crippen LogP contribution in [0.5, 0.6) is 0 Å². The smallest absolute Gasteiger partial charge is 0.410 e. The lowest BCUT2D eigenvalue weighted by molar-refractivity contribution is -0.137. The Bertz CT molecular complexity index is 1280. The van der Waals surface area contributed by atoms with Gasteiger partial charge in [-0.3, -0.25) is 14.2 Å². The number of piperidine rings is 1. The molecule has 4 atom stereocenters. The number of Topliss-reactive ketones (excluding diaryl/α,β-unsaturated/α-hetero) is 1. The van der Waals surface area contributed by atoms with Crippen LogP contribution in [0.2, 0.25) is 0 Å². The quantitative estimate of drug-likeness (QED) is 0.347. The number of nitrogens with one attached hydrogen (secondary N) is 1. The number of hydrogen-bond donors (Lipinski definition) is 4. The van der Waals surface area contributed by atoms with Crippen LogP contribution in [0.1, 0.15) is 77.3 Å². The van der Waals surface area contributed by atoms with Crippen LogP contribution in [0.3, 0.4) is 0 Å². The van der Waals surface area contributed by atoms with Gasteiger partial charge in [0.05, 0.1) is 6.33 Å². The van der Waals surface area contributed by atoms with Crippen molar-refractivity contribution >= 4 is 34.8 Å². The number of ketones is 1. The van der Waals surface area contributed by atoms with Crippen molar-refractivity contribution in [2.75, 3.05) is 18.8 Å². The largest absolute Gasteiger partial charge is 0.445 e. The molecule has 42 heavy (non-hydrogen) atoms. The molecule has 1 unspecified atom stereocenters. The summed E-state index contributed by atoms with van der Waals surface area (Å²) in [5, 5.41) is 24.0. The number of nitrogens with zero attached hydrogens (tertiary/aromatic N) is 5. The summed E-state index contributed by atoms with van der Waals surface area (Å²) in [6.07, 6.45) is 2.36. The van der Waals surface area contributed by atoms with E-state index in [0.717, 1.165) is 38.5 Å². The summed E-state index contributed by atoms with van der Waals surface area (Å²) in [6, 6.07) is 0.0951. The number of anilines is 1. The molecule has 5 N–H and O–H groups in total. The van der Waals surface area contributed by atoms with Crippen molar-refractivity contribution in [2.45, 2.75) is 108 Å². The third-order valence-corrected chi connectivity index (χ3v) is 8.25. The average Bonchev–Trinajstić information content (AvgIpc) is 3.60. The summed E-state index contributed by atoms with van der Waals surface area (Å²) >= 11 is 0. The fourth-order valence-electron chi connectivity index (χ4n) is 5.60. The van der Waals surface area contributed by atoms with Crippen LogP contribution in [0.25, 0.3) is 11.2 Å². The number of aromatic nitrogens is 4. The van der Waals surface area contributed by atoms with Crippen LogP contribution in [0, 0.1) is 5.92 Å². The third-order valence-electron chi connectivity index (χ3n) is 8.25. The van der Waals surface area contributed by atoms with E-state index in [-0.39, 0.29) is 29.8 Å². The molecule has 14 heteroatoms. The third kappa shape index (κ3) is 6.50. The highest BCUT2D eigenvalue weighted by molar-refractivity contribution is 5.86. The molecule has 0 aromatic carbocycles. The van der Waals surface area contributed by atoms with Gasteiger partial charge in [0.1, 0.15) is 35.4 Å². The Balaban J connectivity index is 0.00000173. The zero-order chi connectivity index (χ0) is 30.0. The molecule has 2 aliphatic carbocycles. The van der Waals surface area contributed by atoms with Crippen LogP contribution < -0.4 is 11.1 Å². The SMILES string of the molecule is CC.Nc1nc(CCCC2CCN(C(=O)OC3CC(=O)C3)CC2)nc2c1ncn2[C@@H]1O[C@H](C(=O)NC2CC2)C(O)[C@@H]1O. The number of carbonyl (C=O) groups excluding carboxylic acids is 3. The number of aryl methyl sites for hydroxylation is 1. The second kappa shape index (κ2) is 12.9. The van der Waals surface area contributed by atoms with Crippen LogP contribution >= 0.6 is 0 Å². The van der Waals surface area contributed by atoms with Crippen molar-refractivity contribution in [2.24, 2.45) is 5.92 Å². The fourth-order valence-corrected chi connectivity index (χ4v) is 5.60. The Morgan fingerprint density at radius 3 is 2.50 bits per heavy atom. The second-order valence-electron chi connectivity index (χ2n) is 11.3. The van der Waals surface area contributed by atoms with Crippen molar-refractivity contribution in [1.29, 1.82) is 0 Å². The lowest BCUT2D eigenvalue weighted by Crippen LogP contribution is -2.43. The van der Waals surface area contributed by atoms with Gasteiger partial charge < -0.3 is 35.6 Å². The van der Waals surface area contributed by atoms with Crippen molar-refractivity contribution in [3.05, 3.63) is 12.2 Å². The maximum absolute atomic E-state index is 12.5. The van der Waals surface area contributed by atoms with Crippen molar-refractivity contribution < 1.29 is 34.1 Å². The first-order chi connectivity index (χ1) is 20.3. The summed E-state index contributed by atoms with van der Waals surface area (Å²) in [5.41, 5.74) is 6.89. The number of carbonyl (C=O) groups is 3. The summed E-state index contributed by atoms with van der Waals surface area (Å²) in [6.45, 7) is 5.27. The number of nitrogen functional groups attached to an aromatic ring is 1. The molecule has 0 bridgehead atoms. The monoisotopic (exact) mass is 587 g/mol. The lowest BCUT2D eigenvalue weighted by Gasteiger charge is -2.33. The van der Waals surface area contributed by atoms with Crippen molar-refractivity contribution in [1.82, 2.24) is 29.7 Å². The molecule has 4 fully saturated rings. The van der Waals surface area contributed by atoms with Gasteiger partial charge in [-0.05, 0) is 44.4 Å². The predicted molar refractivity (Wildman–Crippen MR) is 150 cm³/mol. The minimum atomic E-state index is -1.39. The summed E-state index contributed by atoms with van der Waals surface area (Å²) in [7, 11) is 0. The van der Waals surface area contributed by atoms with Gasteiger partial charge in [-0.2, -0.15) is 0 Å². The Morgan fingerprint density at radius 2 is 1.83 bits per heavy atom. The Morgan fingerprint density at radius 1 is 1.12 bits per heavy atom. The lowest BCUT2D eigenvalue weighted by atomic mass is 9.91. The standard InChI is InChI=1S/C26H35N7O7.C2H6/c27-22-18-23(33(12-28-18)25-20(36)19(35)21(40-25)24(37)29-14-4-5-14)31-17(30-22)3-1-2-13-6-8-32(9-7-13)26(38)39-16-10-15(34)11-16;1-2/h12-14,16,19-21,25,35-36H,1-11H2,(H,29,37)(H2,27,30,31);1-2H3/t19?,20-,21-,25+;/m0./s1. The van der Waals surface area contributed by atoms with Gasteiger partial charge >= 0.3 is 6.09 Å². The van der Waals surface area contributed by atoms with Gasteiger partial charge in [-0.25, -0.2) is 19.7 Å². The molecule has 4 heterocycles. The number of ether oxygens (including phenoxy) is 2. The topological polar surface area (TPSA) is 195 Å². The van der Waals surface area contributed by atoms with E-state index >= 15 is 0 Å². The molecule has 2 saturated heterocycles. The molecule has 0 spiro atoms. The fraction of sp³-hybridized carbons (Fsp3) is 0.714. The predicted octanol–water partition coefficient (Wildman–Crippen LogP) is 1.24. The number of amides is 2. The van der Waals surface area contributed by atoms with E-state index in [1.54, 1.807) is 4.90 Å². The van der Waals surface area contributed by atoms with Gasteiger partial charge in [0.2, 0.25) is 0 Å². The van der Waals surface area contributed by atoms with E-state index in [9.17, 15) is 24.6 Å². The summed E-state index contributed by atoms with van der Waals surface area (Å²) in [4.78, 5) is 50.9.